The first-order chi connectivity index (χ1) is 15.9. The van der Waals surface area contributed by atoms with Crippen molar-refractivity contribution < 1.29 is 22.7 Å². The second-order valence-electron chi connectivity index (χ2n) is 7.48. The van der Waals surface area contributed by atoms with Crippen LogP contribution < -0.4 is 10.2 Å². The molecule has 10 heteroatoms. The smallest absolute Gasteiger partial charge is 0.378 e. The van der Waals surface area contributed by atoms with Crippen LogP contribution in [0.25, 0.3) is 6.08 Å². The van der Waals surface area contributed by atoms with Crippen LogP contribution >= 0.6 is 0 Å². The fourth-order valence-corrected chi connectivity index (χ4v) is 3.47. The van der Waals surface area contributed by atoms with Gasteiger partial charge in [0.05, 0.1) is 42.9 Å². The Bertz CT molecular complexity index is 1120. The molecule has 172 valence electrons. The number of hydrogen-bond acceptors (Lipinski definition) is 5. The molecule has 1 fully saturated rings. The summed E-state index contributed by atoms with van der Waals surface area (Å²) in [5.74, 6) is -0.568. The molecule has 2 heterocycles. The molecule has 33 heavy (non-hydrogen) atoms. The van der Waals surface area contributed by atoms with Crippen LogP contribution in [0.15, 0.2) is 60.8 Å². The monoisotopic (exact) mass is 457 g/mol. The van der Waals surface area contributed by atoms with Gasteiger partial charge in [-0.25, -0.2) is 4.68 Å². The Morgan fingerprint density at radius 2 is 1.88 bits per heavy atom. The average Bonchev–Trinajstić information content (AvgIpc) is 3.25. The van der Waals surface area contributed by atoms with Crippen LogP contribution in [-0.2, 0) is 22.3 Å². The van der Waals surface area contributed by atoms with E-state index in [0.717, 1.165) is 17.7 Å². The molecular formula is C23H22F3N5O2. The molecule has 0 saturated carbocycles. The first kappa shape index (κ1) is 22.5. The second-order valence-corrected chi connectivity index (χ2v) is 7.48. The van der Waals surface area contributed by atoms with E-state index in [2.05, 4.69) is 15.6 Å². The molecular weight excluding hydrogens is 435 g/mol. The molecule has 0 spiro atoms. The summed E-state index contributed by atoms with van der Waals surface area (Å²) in [5.41, 5.74) is 1.29. The van der Waals surface area contributed by atoms with Crippen LogP contribution in [0.1, 0.15) is 16.8 Å². The highest BCUT2D eigenvalue weighted by atomic mass is 19.4. The number of carbonyl (C=O) groups excluding carboxylic acids is 1. The number of benzene rings is 2. The fourth-order valence-electron chi connectivity index (χ4n) is 3.47. The van der Waals surface area contributed by atoms with Crippen molar-refractivity contribution in [2.75, 3.05) is 36.5 Å². The molecule has 1 aliphatic heterocycles. The van der Waals surface area contributed by atoms with Gasteiger partial charge in [0, 0.05) is 19.2 Å². The number of halogens is 3. The number of ether oxygens (including phenoxy) is 1. The summed E-state index contributed by atoms with van der Waals surface area (Å²) >= 11 is 0. The number of alkyl halides is 3. The number of amides is 1. The molecule has 0 atom stereocenters. The molecule has 0 radical (unpaired) electrons. The zero-order chi connectivity index (χ0) is 23.3. The molecule has 2 aromatic carbocycles. The van der Waals surface area contributed by atoms with Crippen molar-refractivity contribution in [3.8, 4) is 0 Å². The molecule has 4 rings (SSSR count). The van der Waals surface area contributed by atoms with Crippen molar-refractivity contribution in [3.63, 3.8) is 0 Å². The highest BCUT2D eigenvalue weighted by Crippen LogP contribution is 2.35. The SMILES string of the molecule is O=C(/C=C/c1cn(Cc2ccccc2)nn1)Nc1cc(C(F)(F)F)ccc1N1CCOCC1. The summed E-state index contributed by atoms with van der Waals surface area (Å²) < 4.78 is 46.6. The normalized spacial score (nSPS) is 14.6. The van der Waals surface area contributed by atoms with Crippen LogP contribution in [0.2, 0.25) is 0 Å². The Kier molecular flexibility index (Phi) is 6.74. The molecule has 7 nitrogen and oxygen atoms in total. The van der Waals surface area contributed by atoms with Gasteiger partial charge in [-0.3, -0.25) is 4.79 Å². The van der Waals surface area contributed by atoms with E-state index in [-0.39, 0.29) is 5.69 Å². The van der Waals surface area contributed by atoms with Gasteiger partial charge in [-0.15, -0.1) is 5.10 Å². The van der Waals surface area contributed by atoms with Gasteiger partial charge >= 0.3 is 6.18 Å². The van der Waals surface area contributed by atoms with Gasteiger partial charge in [-0.1, -0.05) is 35.5 Å². The van der Waals surface area contributed by atoms with Gasteiger partial charge in [-0.05, 0) is 29.8 Å². The number of anilines is 2. The number of rotatable bonds is 6. The third-order valence-corrected chi connectivity index (χ3v) is 5.08. The zero-order valence-electron chi connectivity index (χ0n) is 17.6. The minimum absolute atomic E-state index is 0.0918. The van der Waals surface area contributed by atoms with Gasteiger partial charge in [0.25, 0.3) is 0 Å². The van der Waals surface area contributed by atoms with Crippen molar-refractivity contribution in [3.05, 3.63) is 77.6 Å². The molecule has 1 N–H and O–H groups in total. The number of nitrogens with zero attached hydrogens (tertiary/aromatic N) is 4. The van der Waals surface area contributed by atoms with Gasteiger partial charge in [0.15, 0.2) is 0 Å². The Hall–Kier alpha value is -3.66. The molecule has 1 aliphatic rings. The molecule has 0 bridgehead atoms. The van der Waals surface area contributed by atoms with Crippen LogP contribution in [-0.4, -0.2) is 47.2 Å². The molecule has 1 saturated heterocycles. The summed E-state index contributed by atoms with van der Waals surface area (Å²) in [4.78, 5) is 14.4. The Balaban J connectivity index is 1.47. The molecule has 3 aromatic rings. The number of carbonyl (C=O) groups is 1. The summed E-state index contributed by atoms with van der Waals surface area (Å²) in [7, 11) is 0. The fraction of sp³-hybridized carbons (Fsp3) is 0.261. The molecule has 0 aliphatic carbocycles. The third-order valence-electron chi connectivity index (χ3n) is 5.08. The summed E-state index contributed by atoms with van der Waals surface area (Å²) in [6.45, 7) is 2.50. The van der Waals surface area contributed by atoms with E-state index >= 15 is 0 Å². The quantitative estimate of drug-likeness (QED) is 0.570. The van der Waals surface area contributed by atoms with E-state index in [1.807, 2.05) is 35.2 Å². The Morgan fingerprint density at radius 1 is 1.12 bits per heavy atom. The third kappa shape index (κ3) is 5.98. The lowest BCUT2D eigenvalue weighted by atomic mass is 10.1. The van der Waals surface area contributed by atoms with Crippen LogP contribution in [0.3, 0.4) is 0 Å². The first-order valence-corrected chi connectivity index (χ1v) is 10.4. The molecule has 1 aromatic heterocycles. The maximum Gasteiger partial charge on any atom is 0.416 e. The Labute approximate surface area is 188 Å². The largest absolute Gasteiger partial charge is 0.416 e. The van der Waals surface area contributed by atoms with Gasteiger partial charge < -0.3 is 15.0 Å². The van der Waals surface area contributed by atoms with Crippen LogP contribution in [0.4, 0.5) is 24.5 Å². The minimum atomic E-state index is -4.52. The predicted octanol–water partition coefficient (Wildman–Crippen LogP) is 3.83. The van der Waals surface area contributed by atoms with E-state index in [0.29, 0.717) is 44.2 Å². The predicted molar refractivity (Wildman–Crippen MR) is 118 cm³/mol. The molecule has 1 amide bonds. The number of morpholine rings is 1. The van der Waals surface area contributed by atoms with Gasteiger partial charge in [-0.2, -0.15) is 13.2 Å². The van der Waals surface area contributed by atoms with E-state index in [1.165, 1.54) is 18.2 Å². The van der Waals surface area contributed by atoms with Gasteiger partial charge in [0.2, 0.25) is 5.91 Å². The van der Waals surface area contributed by atoms with E-state index in [9.17, 15) is 18.0 Å². The van der Waals surface area contributed by atoms with Crippen LogP contribution in [0, 0.1) is 0 Å². The van der Waals surface area contributed by atoms with E-state index in [1.54, 1.807) is 10.9 Å². The lowest BCUT2D eigenvalue weighted by Crippen LogP contribution is -2.36. The standard InChI is InChI=1S/C23H22F3N5O2/c24-23(25,26)18-6-8-21(30-10-12-33-13-11-30)20(14-18)27-22(32)9-7-19-16-31(29-28-19)15-17-4-2-1-3-5-17/h1-9,14,16H,10-13,15H2,(H,27,32)/b9-7+. The summed E-state index contributed by atoms with van der Waals surface area (Å²) in [5, 5.41) is 10.6. The highest BCUT2D eigenvalue weighted by Gasteiger charge is 2.31. The average molecular weight is 457 g/mol. The van der Waals surface area contributed by atoms with E-state index in [4.69, 9.17) is 4.74 Å². The highest BCUT2D eigenvalue weighted by molar-refractivity contribution is 6.03. The lowest BCUT2D eigenvalue weighted by molar-refractivity contribution is -0.137. The summed E-state index contributed by atoms with van der Waals surface area (Å²) in [6.07, 6.45) is -0.150. The summed E-state index contributed by atoms with van der Waals surface area (Å²) in [6, 6.07) is 13.0. The molecule has 0 unspecified atom stereocenters. The number of hydrogen-bond donors (Lipinski definition) is 1. The van der Waals surface area contributed by atoms with Crippen molar-refractivity contribution in [1.29, 1.82) is 0 Å². The first-order valence-electron chi connectivity index (χ1n) is 10.4. The maximum atomic E-state index is 13.2. The van der Waals surface area contributed by atoms with Crippen molar-refractivity contribution in [2.24, 2.45) is 0 Å². The van der Waals surface area contributed by atoms with Crippen molar-refractivity contribution in [1.82, 2.24) is 15.0 Å². The Morgan fingerprint density at radius 3 is 2.61 bits per heavy atom. The second kappa shape index (κ2) is 9.86. The minimum Gasteiger partial charge on any atom is -0.378 e. The van der Waals surface area contributed by atoms with Crippen molar-refractivity contribution >= 4 is 23.4 Å². The topological polar surface area (TPSA) is 72.3 Å². The number of nitrogens with one attached hydrogen (secondary N) is 1. The van der Waals surface area contributed by atoms with E-state index < -0.39 is 17.6 Å². The van der Waals surface area contributed by atoms with Crippen molar-refractivity contribution in [2.45, 2.75) is 12.7 Å². The number of aromatic nitrogens is 3. The zero-order valence-corrected chi connectivity index (χ0v) is 17.6. The lowest BCUT2D eigenvalue weighted by Gasteiger charge is -2.30. The van der Waals surface area contributed by atoms with Crippen LogP contribution in [0.5, 0.6) is 0 Å². The van der Waals surface area contributed by atoms with Gasteiger partial charge in [0.1, 0.15) is 5.69 Å². The maximum absolute atomic E-state index is 13.2.